The molecular formula is C23H51O3Si. The molecule has 0 spiro atoms. The fourth-order valence-corrected chi connectivity index (χ4v) is 3.72. The van der Waals surface area contributed by atoms with Gasteiger partial charge in [-0.25, -0.2) is 0 Å². The Labute approximate surface area is 173 Å². The van der Waals surface area contributed by atoms with Gasteiger partial charge < -0.3 is 13.3 Å². The van der Waals surface area contributed by atoms with Gasteiger partial charge in [0.2, 0.25) is 0 Å². The van der Waals surface area contributed by atoms with E-state index in [1.165, 1.54) is 116 Å². The van der Waals surface area contributed by atoms with Crippen molar-refractivity contribution in [3.63, 3.8) is 0 Å². The van der Waals surface area contributed by atoms with E-state index in [0.717, 1.165) is 0 Å². The summed E-state index contributed by atoms with van der Waals surface area (Å²) in [5.74, 6) is 0. The first-order valence-electron chi connectivity index (χ1n) is 11.8. The topological polar surface area (TPSA) is 27.7 Å². The molecule has 3 nitrogen and oxygen atoms in total. The standard InChI is InChI=1S/C20H42.C3H9O3Si/c1-3-5-7-9-11-13-15-17-19-20-18-16-14-12-10-8-6-4-2;1-4-7(5-2)6-3/h3-20H2,1-2H3;1-3H3. The Morgan fingerprint density at radius 3 is 0.667 bits per heavy atom. The summed E-state index contributed by atoms with van der Waals surface area (Å²) in [5.41, 5.74) is 0. The predicted octanol–water partition coefficient (Wildman–Crippen LogP) is 7.96. The first-order valence-corrected chi connectivity index (χ1v) is 13.0. The van der Waals surface area contributed by atoms with Crippen LogP contribution in [0.1, 0.15) is 129 Å². The zero-order valence-corrected chi connectivity index (χ0v) is 20.5. The van der Waals surface area contributed by atoms with Crippen molar-refractivity contribution in [1.29, 1.82) is 0 Å². The molecule has 0 rings (SSSR count). The molecule has 0 saturated carbocycles. The van der Waals surface area contributed by atoms with E-state index < -0.39 is 9.53 Å². The van der Waals surface area contributed by atoms with E-state index in [1.54, 1.807) is 21.3 Å². The van der Waals surface area contributed by atoms with Gasteiger partial charge in [-0.2, -0.15) is 0 Å². The summed E-state index contributed by atoms with van der Waals surface area (Å²) in [7, 11) is 3.31. The van der Waals surface area contributed by atoms with Gasteiger partial charge in [-0.15, -0.1) is 0 Å². The third kappa shape index (κ3) is 28.4. The van der Waals surface area contributed by atoms with Crippen molar-refractivity contribution in [2.45, 2.75) is 129 Å². The summed E-state index contributed by atoms with van der Waals surface area (Å²) in [6, 6.07) is 0. The Kier molecular flexibility index (Phi) is 30.7. The van der Waals surface area contributed by atoms with Crippen LogP contribution in [-0.2, 0) is 13.3 Å². The van der Waals surface area contributed by atoms with E-state index in [4.69, 9.17) is 13.3 Å². The van der Waals surface area contributed by atoms with Crippen molar-refractivity contribution in [3.05, 3.63) is 0 Å². The maximum atomic E-state index is 4.71. The second-order valence-electron chi connectivity index (χ2n) is 7.52. The fourth-order valence-electron chi connectivity index (χ4n) is 3.22. The summed E-state index contributed by atoms with van der Waals surface area (Å²) in [4.78, 5) is 0. The number of unbranched alkanes of at least 4 members (excludes halogenated alkanes) is 17. The van der Waals surface area contributed by atoms with Crippen LogP contribution in [0.4, 0.5) is 0 Å². The third-order valence-electron chi connectivity index (χ3n) is 4.96. The minimum absolute atomic E-state index is 1.36. The molecule has 0 unspecified atom stereocenters. The van der Waals surface area contributed by atoms with Crippen molar-refractivity contribution < 1.29 is 13.3 Å². The molecule has 0 heterocycles. The van der Waals surface area contributed by atoms with Crippen LogP contribution in [0.5, 0.6) is 0 Å². The summed E-state index contributed by atoms with van der Waals surface area (Å²) in [6.45, 7) is 4.59. The lowest BCUT2D eigenvalue weighted by Crippen LogP contribution is -2.21. The first kappa shape index (κ1) is 29.3. The van der Waals surface area contributed by atoms with Gasteiger partial charge in [0.05, 0.1) is 0 Å². The third-order valence-corrected chi connectivity index (χ3v) is 5.96. The summed E-state index contributed by atoms with van der Waals surface area (Å²) < 4.78 is 14.1. The van der Waals surface area contributed by atoms with Crippen molar-refractivity contribution in [2.75, 3.05) is 21.3 Å². The highest BCUT2D eigenvalue weighted by Crippen LogP contribution is 2.14. The van der Waals surface area contributed by atoms with Crippen LogP contribution in [0.2, 0.25) is 0 Å². The highest BCUT2D eigenvalue weighted by molar-refractivity contribution is 6.36. The molecule has 1 radical (unpaired) electrons. The molecule has 27 heavy (non-hydrogen) atoms. The van der Waals surface area contributed by atoms with Crippen LogP contribution in [0.3, 0.4) is 0 Å². The molecule has 0 atom stereocenters. The van der Waals surface area contributed by atoms with E-state index in [1.807, 2.05) is 0 Å². The molecule has 0 aliphatic rings. The lowest BCUT2D eigenvalue weighted by Gasteiger charge is -2.03. The van der Waals surface area contributed by atoms with E-state index in [-0.39, 0.29) is 0 Å². The fraction of sp³-hybridized carbons (Fsp3) is 1.00. The molecule has 0 aliphatic heterocycles. The highest BCUT2D eigenvalue weighted by atomic mass is 28.3. The van der Waals surface area contributed by atoms with Gasteiger partial charge in [-0.1, -0.05) is 129 Å². The van der Waals surface area contributed by atoms with Gasteiger partial charge in [0.25, 0.3) is 0 Å². The molecule has 0 aromatic heterocycles. The number of hydrogen-bond acceptors (Lipinski definition) is 3. The van der Waals surface area contributed by atoms with E-state index in [0.29, 0.717) is 0 Å². The quantitative estimate of drug-likeness (QED) is 0.152. The van der Waals surface area contributed by atoms with Crippen LogP contribution in [0, 0.1) is 0 Å². The Morgan fingerprint density at radius 2 is 0.556 bits per heavy atom. The second-order valence-corrected chi connectivity index (χ2v) is 9.24. The van der Waals surface area contributed by atoms with Crippen molar-refractivity contribution >= 4 is 9.53 Å². The largest absolute Gasteiger partial charge is 0.576 e. The van der Waals surface area contributed by atoms with Gasteiger partial charge in [-0.05, 0) is 0 Å². The molecular weight excluding hydrogens is 352 g/mol. The average molecular weight is 404 g/mol. The van der Waals surface area contributed by atoms with Crippen LogP contribution >= 0.6 is 0 Å². The van der Waals surface area contributed by atoms with Gasteiger partial charge >= 0.3 is 9.53 Å². The number of hydrogen-bond donors (Lipinski definition) is 0. The second kappa shape index (κ2) is 28.3. The van der Waals surface area contributed by atoms with Crippen molar-refractivity contribution in [3.8, 4) is 0 Å². The van der Waals surface area contributed by atoms with E-state index in [9.17, 15) is 0 Å². The average Bonchev–Trinajstić information content (AvgIpc) is 2.69. The summed E-state index contributed by atoms with van der Waals surface area (Å²) >= 11 is 0. The lowest BCUT2D eigenvalue weighted by molar-refractivity contribution is 0.163. The molecule has 4 heteroatoms. The zero-order valence-electron chi connectivity index (χ0n) is 19.5. The van der Waals surface area contributed by atoms with Gasteiger partial charge in [-0.3, -0.25) is 0 Å². The molecule has 0 aliphatic carbocycles. The SMILES string of the molecule is CCCCCCCCCCCCCCCCCCCC.CO[Si](OC)OC. The molecule has 0 aromatic rings. The van der Waals surface area contributed by atoms with Crippen LogP contribution in [0.25, 0.3) is 0 Å². The maximum Gasteiger partial charge on any atom is 0.576 e. The van der Waals surface area contributed by atoms with Crippen LogP contribution in [-0.4, -0.2) is 30.9 Å². The molecule has 0 N–H and O–H groups in total. The van der Waals surface area contributed by atoms with Crippen molar-refractivity contribution in [2.24, 2.45) is 0 Å². The first-order chi connectivity index (χ1) is 13.3. The Balaban J connectivity index is 0. The van der Waals surface area contributed by atoms with E-state index >= 15 is 0 Å². The highest BCUT2D eigenvalue weighted by Gasteiger charge is 2.09. The normalized spacial score (nSPS) is 10.9. The Hall–Kier alpha value is 0.0969. The van der Waals surface area contributed by atoms with Gasteiger partial charge in [0.1, 0.15) is 0 Å². The van der Waals surface area contributed by atoms with Gasteiger partial charge in [0, 0.05) is 21.3 Å². The monoisotopic (exact) mass is 403 g/mol. The maximum absolute atomic E-state index is 4.71. The molecule has 0 bridgehead atoms. The molecule has 0 saturated heterocycles. The molecule has 0 fully saturated rings. The summed E-state index contributed by atoms with van der Waals surface area (Å²) in [5, 5.41) is 0. The van der Waals surface area contributed by atoms with Gasteiger partial charge in [0.15, 0.2) is 0 Å². The molecule has 0 aromatic carbocycles. The van der Waals surface area contributed by atoms with Crippen LogP contribution in [0.15, 0.2) is 0 Å². The van der Waals surface area contributed by atoms with E-state index in [2.05, 4.69) is 13.8 Å². The molecule has 165 valence electrons. The van der Waals surface area contributed by atoms with Crippen molar-refractivity contribution in [1.82, 2.24) is 0 Å². The Morgan fingerprint density at radius 1 is 0.370 bits per heavy atom. The summed E-state index contributed by atoms with van der Waals surface area (Å²) in [6.07, 6.45) is 26.4. The lowest BCUT2D eigenvalue weighted by atomic mass is 10.0. The molecule has 0 amide bonds. The zero-order chi connectivity index (χ0) is 20.4. The Bertz CT molecular complexity index is 212. The predicted molar refractivity (Wildman–Crippen MR) is 121 cm³/mol. The number of rotatable bonds is 20. The minimum atomic E-state index is -1.36. The minimum Gasteiger partial charge on any atom is -0.375 e. The van der Waals surface area contributed by atoms with Crippen LogP contribution < -0.4 is 0 Å². The smallest absolute Gasteiger partial charge is 0.375 e.